The van der Waals surface area contributed by atoms with Crippen LogP contribution in [-0.2, 0) is 11.2 Å². The second-order valence-corrected chi connectivity index (χ2v) is 8.71. The molecule has 0 bridgehead atoms. The van der Waals surface area contributed by atoms with Crippen LogP contribution in [0, 0.1) is 0 Å². The standard InChI is InChI=1S/C20H26N2O2S/c1-20(2,3)24-19(23)22-11-9-16(10-12-22)17-14-21-18(25-17)13-15-7-5-4-6-8-15/h4-8,14,16H,9-13H2,1-3H3. The van der Waals surface area contributed by atoms with E-state index in [1.807, 2.05) is 49.3 Å². The lowest BCUT2D eigenvalue weighted by molar-refractivity contribution is 0.0205. The molecule has 0 saturated carbocycles. The molecule has 4 nitrogen and oxygen atoms in total. The van der Waals surface area contributed by atoms with Crippen LogP contribution in [0.2, 0.25) is 0 Å². The molecule has 1 aromatic heterocycles. The van der Waals surface area contributed by atoms with Crippen molar-refractivity contribution in [3.8, 4) is 0 Å². The van der Waals surface area contributed by atoms with Crippen molar-refractivity contribution in [2.75, 3.05) is 13.1 Å². The Hall–Kier alpha value is -1.88. The molecule has 1 aliphatic heterocycles. The number of carbonyl (C=O) groups is 1. The van der Waals surface area contributed by atoms with Gasteiger partial charge in [0.15, 0.2) is 0 Å². The summed E-state index contributed by atoms with van der Waals surface area (Å²) < 4.78 is 5.47. The molecule has 1 saturated heterocycles. The number of nitrogens with zero attached hydrogens (tertiary/aromatic N) is 2. The van der Waals surface area contributed by atoms with Gasteiger partial charge in [-0.2, -0.15) is 0 Å². The first-order valence-electron chi connectivity index (χ1n) is 8.87. The first kappa shape index (κ1) is 17.9. The van der Waals surface area contributed by atoms with Crippen LogP contribution in [0.15, 0.2) is 36.5 Å². The number of carbonyl (C=O) groups excluding carboxylic acids is 1. The van der Waals surface area contributed by atoms with Crippen molar-refractivity contribution in [3.05, 3.63) is 52.0 Å². The van der Waals surface area contributed by atoms with E-state index >= 15 is 0 Å². The molecular formula is C20H26N2O2S. The van der Waals surface area contributed by atoms with Gasteiger partial charge in [0, 0.05) is 30.6 Å². The smallest absolute Gasteiger partial charge is 0.410 e. The summed E-state index contributed by atoms with van der Waals surface area (Å²) in [4.78, 5) is 19.9. The van der Waals surface area contributed by atoms with Gasteiger partial charge in [-0.25, -0.2) is 9.78 Å². The van der Waals surface area contributed by atoms with E-state index in [1.165, 1.54) is 10.4 Å². The SMILES string of the molecule is CC(C)(C)OC(=O)N1CCC(c2cnc(Cc3ccccc3)s2)CC1. The molecule has 1 aliphatic rings. The second-order valence-electron chi connectivity index (χ2n) is 7.56. The summed E-state index contributed by atoms with van der Waals surface area (Å²) >= 11 is 1.81. The van der Waals surface area contributed by atoms with Crippen molar-refractivity contribution in [2.24, 2.45) is 0 Å². The third-order valence-corrected chi connectivity index (χ3v) is 5.48. The second kappa shape index (κ2) is 7.56. The Labute approximate surface area is 153 Å². The average Bonchev–Trinajstić information content (AvgIpc) is 3.03. The first-order chi connectivity index (χ1) is 11.9. The highest BCUT2D eigenvalue weighted by atomic mass is 32.1. The van der Waals surface area contributed by atoms with E-state index in [0.29, 0.717) is 5.92 Å². The quantitative estimate of drug-likeness (QED) is 0.788. The van der Waals surface area contributed by atoms with Gasteiger partial charge < -0.3 is 9.64 Å². The predicted molar refractivity (Wildman–Crippen MR) is 101 cm³/mol. The van der Waals surface area contributed by atoms with Crippen LogP contribution < -0.4 is 0 Å². The van der Waals surface area contributed by atoms with E-state index in [2.05, 4.69) is 29.2 Å². The van der Waals surface area contributed by atoms with Gasteiger partial charge in [0.1, 0.15) is 5.60 Å². The molecule has 134 valence electrons. The van der Waals surface area contributed by atoms with Gasteiger partial charge in [-0.05, 0) is 45.1 Å². The number of hydrogen-bond acceptors (Lipinski definition) is 4. The zero-order valence-corrected chi connectivity index (χ0v) is 16.0. The Morgan fingerprint density at radius 1 is 1.24 bits per heavy atom. The van der Waals surface area contributed by atoms with E-state index in [1.54, 1.807) is 0 Å². The van der Waals surface area contributed by atoms with E-state index in [0.717, 1.165) is 37.4 Å². The molecule has 2 heterocycles. The summed E-state index contributed by atoms with van der Waals surface area (Å²) in [5, 5.41) is 1.16. The highest BCUT2D eigenvalue weighted by molar-refractivity contribution is 7.11. The van der Waals surface area contributed by atoms with Gasteiger partial charge in [-0.3, -0.25) is 0 Å². The molecule has 1 amide bonds. The number of likely N-dealkylation sites (tertiary alicyclic amines) is 1. The van der Waals surface area contributed by atoms with Crippen LogP contribution in [0.1, 0.15) is 55.0 Å². The molecule has 1 fully saturated rings. The van der Waals surface area contributed by atoms with Crippen LogP contribution in [0.25, 0.3) is 0 Å². The third-order valence-electron chi connectivity index (χ3n) is 4.32. The zero-order valence-electron chi connectivity index (χ0n) is 15.2. The van der Waals surface area contributed by atoms with E-state index in [-0.39, 0.29) is 6.09 Å². The Balaban J connectivity index is 1.54. The molecule has 5 heteroatoms. The minimum atomic E-state index is -0.433. The lowest BCUT2D eigenvalue weighted by atomic mass is 9.96. The summed E-state index contributed by atoms with van der Waals surface area (Å²) in [5.41, 5.74) is 0.862. The number of benzene rings is 1. The molecule has 2 aromatic rings. The summed E-state index contributed by atoms with van der Waals surface area (Å²) in [6.45, 7) is 7.23. The lowest BCUT2D eigenvalue weighted by Crippen LogP contribution is -2.41. The highest BCUT2D eigenvalue weighted by Crippen LogP contribution is 2.32. The maximum Gasteiger partial charge on any atom is 0.410 e. The lowest BCUT2D eigenvalue weighted by Gasteiger charge is -2.33. The van der Waals surface area contributed by atoms with E-state index in [4.69, 9.17) is 4.74 Å². The Morgan fingerprint density at radius 3 is 2.56 bits per heavy atom. The van der Waals surface area contributed by atoms with Gasteiger partial charge in [0.25, 0.3) is 0 Å². The van der Waals surface area contributed by atoms with Crippen LogP contribution in [0.4, 0.5) is 4.79 Å². The maximum absolute atomic E-state index is 12.2. The first-order valence-corrected chi connectivity index (χ1v) is 9.69. The summed E-state index contributed by atoms with van der Waals surface area (Å²) in [5.74, 6) is 0.501. The topological polar surface area (TPSA) is 42.4 Å². The molecular weight excluding hydrogens is 332 g/mol. The minimum Gasteiger partial charge on any atom is -0.444 e. The van der Waals surface area contributed by atoms with Gasteiger partial charge in [-0.1, -0.05) is 30.3 Å². The number of hydrogen-bond donors (Lipinski definition) is 0. The normalized spacial score (nSPS) is 16.0. The predicted octanol–water partition coefficient (Wildman–Crippen LogP) is 4.85. The number of thiazole rings is 1. The molecule has 1 aromatic carbocycles. The fourth-order valence-corrected chi connectivity index (χ4v) is 4.16. The van der Waals surface area contributed by atoms with Crippen molar-refractivity contribution >= 4 is 17.4 Å². The van der Waals surface area contributed by atoms with Crippen molar-refractivity contribution in [1.82, 2.24) is 9.88 Å². The van der Waals surface area contributed by atoms with Crippen LogP contribution in [-0.4, -0.2) is 34.7 Å². The molecule has 0 aliphatic carbocycles. The van der Waals surface area contributed by atoms with E-state index < -0.39 is 5.60 Å². The van der Waals surface area contributed by atoms with Gasteiger partial charge in [0.2, 0.25) is 0 Å². The molecule has 0 atom stereocenters. The number of rotatable bonds is 3. The number of piperidine rings is 1. The van der Waals surface area contributed by atoms with Crippen molar-refractivity contribution in [2.45, 2.75) is 51.6 Å². The summed E-state index contributed by atoms with van der Waals surface area (Å²) in [6.07, 6.45) is 4.68. The molecule has 3 rings (SSSR count). The molecule has 0 unspecified atom stereocenters. The summed E-state index contributed by atoms with van der Waals surface area (Å²) in [7, 11) is 0. The van der Waals surface area contributed by atoms with Gasteiger partial charge >= 0.3 is 6.09 Å². The van der Waals surface area contributed by atoms with Crippen molar-refractivity contribution in [1.29, 1.82) is 0 Å². The number of amides is 1. The van der Waals surface area contributed by atoms with Crippen molar-refractivity contribution in [3.63, 3.8) is 0 Å². The van der Waals surface area contributed by atoms with Crippen molar-refractivity contribution < 1.29 is 9.53 Å². The van der Waals surface area contributed by atoms with Gasteiger partial charge in [-0.15, -0.1) is 11.3 Å². The maximum atomic E-state index is 12.2. The number of aromatic nitrogens is 1. The third kappa shape index (κ3) is 5.05. The van der Waals surface area contributed by atoms with E-state index in [9.17, 15) is 4.79 Å². The van der Waals surface area contributed by atoms with Crippen LogP contribution in [0.3, 0.4) is 0 Å². The highest BCUT2D eigenvalue weighted by Gasteiger charge is 2.28. The number of ether oxygens (including phenoxy) is 1. The largest absolute Gasteiger partial charge is 0.444 e. The molecule has 0 radical (unpaired) electrons. The monoisotopic (exact) mass is 358 g/mol. The minimum absolute atomic E-state index is 0.194. The van der Waals surface area contributed by atoms with Crippen LogP contribution in [0.5, 0.6) is 0 Å². The fraction of sp³-hybridized carbons (Fsp3) is 0.500. The molecule has 0 spiro atoms. The Kier molecular flexibility index (Phi) is 5.42. The molecule has 0 N–H and O–H groups in total. The summed E-state index contributed by atoms with van der Waals surface area (Å²) in [6, 6.07) is 10.4. The molecule has 25 heavy (non-hydrogen) atoms. The Morgan fingerprint density at radius 2 is 1.92 bits per heavy atom. The average molecular weight is 359 g/mol. The fourth-order valence-electron chi connectivity index (χ4n) is 3.04. The van der Waals surface area contributed by atoms with Crippen LogP contribution >= 0.6 is 11.3 Å². The Bertz CT molecular complexity index is 698. The van der Waals surface area contributed by atoms with Gasteiger partial charge in [0.05, 0.1) is 5.01 Å². The zero-order chi connectivity index (χ0) is 17.9.